The summed E-state index contributed by atoms with van der Waals surface area (Å²) in [6.45, 7) is 0. The van der Waals surface area contributed by atoms with Crippen LogP contribution in [0.4, 0.5) is 0 Å². The summed E-state index contributed by atoms with van der Waals surface area (Å²) in [5.74, 6) is 0. The summed E-state index contributed by atoms with van der Waals surface area (Å²) < 4.78 is 0. The summed E-state index contributed by atoms with van der Waals surface area (Å²) in [7, 11) is 0. The summed E-state index contributed by atoms with van der Waals surface area (Å²) >= 11 is 0. The molecule has 0 heterocycles. The summed E-state index contributed by atoms with van der Waals surface area (Å²) in [6.07, 6.45) is 0. The van der Waals surface area contributed by atoms with E-state index in [1.807, 2.05) is 0 Å². The SMILES string of the molecule is O.OO.[LiH].[LiH]. The average molecular weight is 67.9 g/mol. The number of rotatable bonds is 0. The van der Waals surface area contributed by atoms with E-state index in [9.17, 15) is 0 Å². The van der Waals surface area contributed by atoms with E-state index in [1.165, 1.54) is 0 Å². The molecule has 4 N–H and O–H groups in total. The van der Waals surface area contributed by atoms with Gasteiger partial charge in [0, 0.05) is 0 Å². The molecule has 0 spiro atoms. The maximum atomic E-state index is 6.00. The average Bonchev–Trinajstić information content (AvgIpc) is 1.00. The minimum absolute atomic E-state index is 0. The molecular formula is H6Li2O3. The third-order valence-electron chi connectivity index (χ3n) is 0. The predicted octanol–water partition coefficient (Wildman–Crippen LogP) is -2.10. The van der Waals surface area contributed by atoms with Gasteiger partial charge in [0.15, 0.2) is 0 Å². The van der Waals surface area contributed by atoms with Crippen LogP contribution in [-0.2, 0) is 0 Å². The molecule has 0 bridgehead atoms. The zero-order valence-electron chi connectivity index (χ0n) is 1.39. The first kappa shape index (κ1) is 36.3. The van der Waals surface area contributed by atoms with Gasteiger partial charge in [-0.15, -0.1) is 0 Å². The van der Waals surface area contributed by atoms with Gasteiger partial charge in [0.1, 0.15) is 0 Å². The van der Waals surface area contributed by atoms with Crippen LogP contribution in [-0.4, -0.2) is 53.7 Å². The second kappa shape index (κ2) is 72.9. The molecule has 0 aliphatic rings. The molecule has 0 saturated heterocycles. The predicted molar refractivity (Wildman–Crippen MR) is 23.2 cm³/mol. The van der Waals surface area contributed by atoms with Gasteiger partial charge < -0.3 is 5.48 Å². The van der Waals surface area contributed by atoms with Gasteiger partial charge in [0.2, 0.25) is 0 Å². The Morgan fingerprint density at radius 3 is 0.800 bits per heavy atom. The molecule has 0 fully saturated rings. The van der Waals surface area contributed by atoms with Gasteiger partial charge in [0.05, 0.1) is 0 Å². The first-order chi connectivity index (χ1) is 1.00. The zero-order chi connectivity index (χ0) is 2.00. The molecule has 0 amide bonds. The Balaban J connectivity index is -0.00000000167. The maximum absolute atomic E-state index is 6.00. The van der Waals surface area contributed by atoms with Gasteiger partial charge in [0.25, 0.3) is 0 Å². The van der Waals surface area contributed by atoms with Crippen LogP contribution < -0.4 is 0 Å². The van der Waals surface area contributed by atoms with Crippen molar-refractivity contribution in [3.05, 3.63) is 0 Å². The van der Waals surface area contributed by atoms with Gasteiger partial charge in [-0.1, -0.05) is 0 Å². The first-order valence-electron chi connectivity index (χ1n) is 0.200. The van der Waals surface area contributed by atoms with Crippen molar-refractivity contribution in [1.82, 2.24) is 0 Å². The van der Waals surface area contributed by atoms with Crippen molar-refractivity contribution in [3.63, 3.8) is 0 Å². The van der Waals surface area contributed by atoms with E-state index in [-0.39, 0.29) is 43.2 Å². The summed E-state index contributed by atoms with van der Waals surface area (Å²) in [4.78, 5) is 0. The van der Waals surface area contributed by atoms with Crippen LogP contribution >= 0.6 is 0 Å². The van der Waals surface area contributed by atoms with E-state index >= 15 is 0 Å². The second-order valence-corrected chi connectivity index (χ2v) is 0. The second-order valence-electron chi connectivity index (χ2n) is 0. The van der Waals surface area contributed by atoms with Crippen molar-refractivity contribution in [2.75, 3.05) is 0 Å². The Bertz CT molecular complexity index is 4.85. The van der Waals surface area contributed by atoms with Crippen molar-refractivity contribution in [1.29, 1.82) is 0 Å². The van der Waals surface area contributed by atoms with Crippen molar-refractivity contribution in [2.45, 2.75) is 0 Å². The van der Waals surface area contributed by atoms with Crippen LogP contribution in [0.15, 0.2) is 0 Å². The number of hydrogen-bond acceptors (Lipinski definition) is 2. The Labute approximate surface area is 54.0 Å². The molecular weight excluding hydrogens is 61.9 g/mol. The molecule has 0 radical (unpaired) electrons. The van der Waals surface area contributed by atoms with Crippen LogP contribution in [0, 0.1) is 0 Å². The fourth-order valence-electron chi connectivity index (χ4n) is 0. The van der Waals surface area contributed by atoms with Crippen molar-refractivity contribution in [2.24, 2.45) is 0 Å². The van der Waals surface area contributed by atoms with Gasteiger partial charge >= 0.3 is 37.7 Å². The topological polar surface area (TPSA) is 72.0 Å². The summed E-state index contributed by atoms with van der Waals surface area (Å²) in [5.41, 5.74) is 0. The molecule has 3 nitrogen and oxygen atoms in total. The van der Waals surface area contributed by atoms with Gasteiger partial charge in [-0.25, -0.2) is 0 Å². The Morgan fingerprint density at radius 1 is 0.800 bits per heavy atom. The quantitative estimate of drug-likeness (QED) is 0.194. The molecule has 5 heteroatoms. The number of hydrogen-bond donors (Lipinski definition) is 2. The van der Waals surface area contributed by atoms with Crippen molar-refractivity contribution in [3.8, 4) is 0 Å². The van der Waals surface area contributed by atoms with E-state index in [1.54, 1.807) is 0 Å². The van der Waals surface area contributed by atoms with Crippen LogP contribution in [0.3, 0.4) is 0 Å². The molecule has 5 heavy (non-hydrogen) atoms. The van der Waals surface area contributed by atoms with E-state index in [2.05, 4.69) is 0 Å². The molecule has 0 atom stereocenters. The van der Waals surface area contributed by atoms with Crippen LogP contribution in [0.5, 0.6) is 0 Å². The van der Waals surface area contributed by atoms with Crippen molar-refractivity contribution >= 4 is 37.7 Å². The standard InChI is InChI=1S/2Li.H2O2.H2O.2H/c;;1-2;;;/h;;1-2H;1H2;;. The normalized spacial score (nSPS) is 1.20. The van der Waals surface area contributed by atoms with Gasteiger partial charge in [-0.05, 0) is 0 Å². The molecule has 0 unspecified atom stereocenters. The summed E-state index contributed by atoms with van der Waals surface area (Å²) in [5, 5.41) is 12.0. The van der Waals surface area contributed by atoms with Crippen LogP contribution in [0.2, 0.25) is 0 Å². The monoisotopic (exact) mass is 68.1 g/mol. The van der Waals surface area contributed by atoms with Gasteiger partial charge in [-0.2, -0.15) is 0 Å². The van der Waals surface area contributed by atoms with E-state index in [0.717, 1.165) is 0 Å². The van der Waals surface area contributed by atoms with Crippen LogP contribution in [0.25, 0.3) is 0 Å². The Kier molecular flexibility index (Phi) is 530. The molecule has 0 aliphatic carbocycles. The zero-order valence-corrected chi connectivity index (χ0v) is 1.39. The molecule has 26 valence electrons. The third-order valence-corrected chi connectivity index (χ3v) is 0. The molecule has 0 aromatic heterocycles. The molecule has 0 rings (SSSR count). The van der Waals surface area contributed by atoms with E-state index in [4.69, 9.17) is 10.5 Å². The Morgan fingerprint density at radius 2 is 0.800 bits per heavy atom. The molecule has 0 aliphatic heterocycles. The van der Waals surface area contributed by atoms with Gasteiger partial charge in [-0.3, -0.25) is 10.5 Å². The van der Waals surface area contributed by atoms with Crippen LogP contribution in [0.1, 0.15) is 0 Å². The Hall–Kier alpha value is 1.07. The van der Waals surface area contributed by atoms with E-state index < -0.39 is 0 Å². The summed E-state index contributed by atoms with van der Waals surface area (Å²) in [6, 6.07) is 0. The minimum atomic E-state index is 0. The van der Waals surface area contributed by atoms with Crippen molar-refractivity contribution < 1.29 is 16.0 Å². The molecule has 0 saturated carbocycles. The van der Waals surface area contributed by atoms with E-state index in [0.29, 0.717) is 0 Å². The third kappa shape index (κ3) is 41.5. The first-order valence-corrected chi connectivity index (χ1v) is 0.200. The fourth-order valence-corrected chi connectivity index (χ4v) is 0. The molecule has 0 aromatic carbocycles. The molecule has 0 aromatic rings. The fraction of sp³-hybridized carbons (Fsp3) is 0.